The highest BCUT2D eigenvalue weighted by atomic mass is 16.2. The van der Waals surface area contributed by atoms with E-state index in [4.69, 9.17) is 0 Å². The number of amides is 1. The van der Waals surface area contributed by atoms with Crippen molar-refractivity contribution in [3.8, 4) is 0 Å². The number of hydrogen-bond acceptors (Lipinski definition) is 3. The first-order valence-electron chi connectivity index (χ1n) is 7.24. The van der Waals surface area contributed by atoms with Crippen molar-refractivity contribution in [3.05, 3.63) is 30.1 Å². The number of carbonyl (C=O) groups is 1. The highest BCUT2D eigenvalue weighted by Crippen LogP contribution is 2.08. The number of hydrogen-bond donors (Lipinski definition) is 1. The second-order valence-corrected chi connectivity index (χ2v) is 6.36. The maximum Gasteiger partial charge on any atom is 0.224 e. The zero-order valence-electron chi connectivity index (χ0n) is 13.3. The largest absolute Gasteiger partial charge is 0.334 e. The Morgan fingerprint density at radius 2 is 2.05 bits per heavy atom. The number of nitrogens with zero attached hydrogens (tertiary/aromatic N) is 2. The zero-order valence-corrected chi connectivity index (χ0v) is 13.3. The first-order chi connectivity index (χ1) is 9.29. The van der Waals surface area contributed by atoms with E-state index >= 15 is 0 Å². The van der Waals surface area contributed by atoms with Crippen LogP contribution in [0.1, 0.15) is 46.7 Å². The Labute approximate surface area is 122 Å². The third kappa shape index (κ3) is 6.15. The summed E-state index contributed by atoms with van der Waals surface area (Å²) in [5, 5.41) is 3.35. The average molecular weight is 277 g/mol. The minimum absolute atomic E-state index is 0.0456. The van der Waals surface area contributed by atoms with Crippen molar-refractivity contribution >= 4 is 5.91 Å². The highest BCUT2D eigenvalue weighted by molar-refractivity contribution is 5.76. The highest BCUT2D eigenvalue weighted by Gasteiger charge is 2.18. The van der Waals surface area contributed by atoms with Crippen molar-refractivity contribution in [2.24, 2.45) is 0 Å². The lowest BCUT2D eigenvalue weighted by atomic mass is 10.1. The first kappa shape index (κ1) is 16.6. The molecule has 0 aromatic carbocycles. The molecule has 1 amide bonds. The summed E-state index contributed by atoms with van der Waals surface area (Å²) in [7, 11) is 0. The molecule has 1 N–H and O–H groups in total. The van der Waals surface area contributed by atoms with Gasteiger partial charge in [0, 0.05) is 30.7 Å². The molecule has 4 heteroatoms. The van der Waals surface area contributed by atoms with Crippen molar-refractivity contribution < 1.29 is 4.79 Å². The van der Waals surface area contributed by atoms with Gasteiger partial charge in [-0.25, -0.2) is 0 Å². The molecule has 0 aliphatic heterocycles. The Bertz CT molecular complexity index is 409. The van der Waals surface area contributed by atoms with Gasteiger partial charge < -0.3 is 10.2 Å². The van der Waals surface area contributed by atoms with Crippen LogP contribution >= 0.6 is 0 Å². The van der Waals surface area contributed by atoms with Crippen molar-refractivity contribution in [2.75, 3.05) is 6.54 Å². The molecule has 0 spiro atoms. The van der Waals surface area contributed by atoms with E-state index in [0.717, 1.165) is 5.69 Å². The first-order valence-corrected chi connectivity index (χ1v) is 7.24. The van der Waals surface area contributed by atoms with Crippen LogP contribution in [0.2, 0.25) is 0 Å². The second-order valence-electron chi connectivity index (χ2n) is 6.36. The van der Waals surface area contributed by atoms with Crippen molar-refractivity contribution in [2.45, 2.75) is 59.2 Å². The number of nitrogens with one attached hydrogen (secondary N) is 1. The second kappa shape index (κ2) is 7.39. The maximum absolute atomic E-state index is 12.3. The molecule has 20 heavy (non-hydrogen) atoms. The summed E-state index contributed by atoms with van der Waals surface area (Å²) in [4.78, 5) is 18.5. The third-order valence-corrected chi connectivity index (χ3v) is 3.00. The summed E-state index contributed by atoms with van der Waals surface area (Å²) in [6.07, 6.45) is 2.28. The van der Waals surface area contributed by atoms with Crippen LogP contribution in [0.5, 0.6) is 0 Å². The smallest absolute Gasteiger partial charge is 0.224 e. The summed E-state index contributed by atoms with van der Waals surface area (Å²) in [6, 6.07) is 5.97. The molecular weight excluding hydrogens is 250 g/mol. The van der Waals surface area contributed by atoms with Gasteiger partial charge in [-0.05, 0) is 46.8 Å². The molecule has 0 fully saturated rings. The maximum atomic E-state index is 12.3. The van der Waals surface area contributed by atoms with E-state index in [1.165, 1.54) is 0 Å². The van der Waals surface area contributed by atoms with Gasteiger partial charge in [0.2, 0.25) is 5.91 Å². The molecule has 0 saturated heterocycles. The summed E-state index contributed by atoms with van der Waals surface area (Å²) >= 11 is 0. The molecule has 0 unspecified atom stereocenters. The average Bonchev–Trinajstić information content (AvgIpc) is 2.35. The van der Waals surface area contributed by atoms with Crippen LogP contribution in [0.3, 0.4) is 0 Å². The Balaban J connectivity index is 2.55. The SMILES string of the molecule is CC(C)N(Cc1ccccn1)C(=O)CCNC(C)(C)C. The Morgan fingerprint density at radius 1 is 1.35 bits per heavy atom. The molecule has 112 valence electrons. The number of aromatic nitrogens is 1. The van der Waals surface area contributed by atoms with E-state index in [9.17, 15) is 4.79 Å². The van der Waals surface area contributed by atoms with E-state index < -0.39 is 0 Å². The lowest BCUT2D eigenvalue weighted by molar-refractivity contribution is -0.133. The summed E-state index contributed by atoms with van der Waals surface area (Å²) < 4.78 is 0. The number of rotatable bonds is 6. The van der Waals surface area contributed by atoms with Crippen LogP contribution in [0.25, 0.3) is 0 Å². The van der Waals surface area contributed by atoms with Gasteiger partial charge in [0.05, 0.1) is 12.2 Å². The van der Waals surface area contributed by atoms with E-state index in [1.807, 2.05) is 36.9 Å². The molecule has 0 aliphatic rings. The lowest BCUT2D eigenvalue weighted by Crippen LogP contribution is -2.41. The molecule has 1 heterocycles. The van der Waals surface area contributed by atoms with Crippen LogP contribution in [-0.2, 0) is 11.3 Å². The summed E-state index contributed by atoms with van der Waals surface area (Å²) in [5.41, 5.74) is 0.975. The van der Waals surface area contributed by atoms with Crippen LogP contribution in [0, 0.1) is 0 Å². The van der Waals surface area contributed by atoms with Gasteiger partial charge >= 0.3 is 0 Å². The van der Waals surface area contributed by atoms with Gasteiger partial charge in [-0.15, -0.1) is 0 Å². The molecule has 1 aromatic heterocycles. The van der Waals surface area contributed by atoms with Gasteiger partial charge in [-0.1, -0.05) is 6.07 Å². The molecular formula is C16H27N3O. The molecule has 0 atom stereocenters. The Kier molecular flexibility index (Phi) is 6.14. The van der Waals surface area contributed by atoms with Crippen molar-refractivity contribution in [1.29, 1.82) is 0 Å². The lowest BCUT2D eigenvalue weighted by Gasteiger charge is -2.27. The molecule has 4 nitrogen and oxygen atoms in total. The van der Waals surface area contributed by atoms with Crippen molar-refractivity contribution in [3.63, 3.8) is 0 Å². The van der Waals surface area contributed by atoms with Gasteiger partial charge in [-0.2, -0.15) is 0 Å². The standard InChI is InChI=1S/C16H27N3O/c1-13(2)19(12-14-8-6-7-10-17-14)15(20)9-11-18-16(3,4)5/h6-8,10,13,18H,9,11-12H2,1-5H3. The van der Waals surface area contributed by atoms with Crippen LogP contribution < -0.4 is 5.32 Å². The Hall–Kier alpha value is -1.42. The predicted octanol–water partition coefficient (Wildman–Crippen LogP) is 2.60. The fraction of sp³-hybridized carbons (Fsp3) is 0.625. The van der Waals surface area contributed by atoms with Gasteiger partial charge in [0.15, 0.2) is 0 Å². The molecule has 0 aliphatic carbocycles. The fourth-order valence-corrected chi connectivity index (χ4v) is 1.91. The minimum Gasteiger partial charge on any atom is -0.334 e. The van der Waals surface area contributed by atoms with Crippen molar-refractivity contribution in [1.82, 2.24) is 15.2 Å². The van der Waals surface area contributed by atoms with E-state index in [0.29, 0.717) is 19.5 Å². The van der Waals surface area contributed by atoms with Crippen LogP contribution in [-0.4, -0.2) is 33.9 Å². The Morgan fingerprint density at radius 3 is 2.55 bits per heavy atom. The number of carbonyl (C=O) groups excluding carboxylic acids is 1. The zero-order chi connectivity index (χ0) is 15.2. The van der Waals surface area contributed by atoms with Gasteiger partial charge in [0.1, 0.15) is 0 Å². The summed E-state index contributed by atoms with van der Waals surface area (Å²) in [6.45, 7) is 11.7. The van der Waals surface area contributed by atoms with E-state index in [-0.39, 0.29) is 17.5 Å². The normalized spacial score (nSPS) is 11.7. The molecule has 0 bridgehead atoms. The third-order valence-electron chi connectivity index (χ3n) is 3.00. The van der Waals surface area contributed by atoms with E-state index in [2.05, 4.69) is 31.1 Å². The summed E-state index contributed by atoms with van der Waals surface area (Å²) in [5.74, 6) is 0.169. The minimum atomic E-state index is 0.0456. The monoisotopic (exact) mass is 277 g/mol. The van der Waals surface area contributed by atoms with E-state index in [1.54, 1.807) is 6.20 Å². The van der Waals surface area contributed by atoms with Crippen LogP contribution in [0.4, 0.5) is 0 Å². The molecule has 0 radical (unpaired) electrons. The quantitative estimate of drug-likeness (QED) is 0.869. The molecule has 0 saturated carbocycles. The van der Waals surface area contributed by atoms with Crippen LogP contribution in [0.15, 0.2) is 24.4 Å². The predicted molar refractivity (Wildman–Crippen MR) is 82.3 cm³/mol. The molecule has 1 aromatic rings. The van der Waals surface area contributed by atoms with Gasteiger partial charge in [-0.3, -0.25) is 9.78 Å². The number of pyridine rings is 1. The van der Waals surface area contributed by atoms with Gasteiger partial charge in [0.25, 0.3) is 0 Å². The molecule has 1 rings (SSSR count). The topological polar surface area (TPSA) is 45.2 Å². The fourth-order valence-electron chi connectivity index (χ4n) is 1.91.